The molecule has 1 N–H and O–H groups in total. The van der Waals surface area contributed by atoms with Gasteiger partial charge >= 0.3 is 0 Å². The first-order valence-electron chi connectivity index (χ1n) is 7.83. The Morgan fingerprint density at radius 3 is 2.45 bits per heavy atom. The van der Waals surface area contributed by atoms with Gasteiger partial charge in [0.05, 0.1) is 4.88 Å². The maximum atomic E-state index is 4.84. The van der Waals surface area contributed by atoms with E-state index in [4.69, 9.17) is 4.98 Å². The summed E-state index contributed by atoms with van der Waals surface area (Å²) in [6.07, 6.45) is 7.26. The van der Waals surface area contributed by atoms with E-state index >= 15 is 0 Å². The molecule has 0 saturated heterocycles. The van der Waals surface area contributed by atoms with E-state index in [2.05, 4.69) is 27.7 Å². The molecule has 20 heavy (non-hydrogen) atoms. The Morgan fingerprint density at radius 1 is 1.05 bits per heavy atom. The molecule has 4 bridgehead atoms. The highest BCUT2D eigenvalue weighted by Crippen LogP contribution is 2.59. The summed E-state index contributed by atoms with van der Waals surface area (Å²) in [7, 11) is 0. The molecule has 0 radical (unpaired) electrons. The van der Waals surface area contributed by atoms with Gasteiger partial charge in [0.15, 0.2) is 5.82 Å². The highest BCUT2D eigenvalue weighted by molar-refractivity contribution is 7.13. The molecule has 4 aliphatic carbocycles. The van der Waals surface area contributed by atoms with Crippen LogP contribution in [0.4, 0.5) is 0 Å². The van der Waals surface area contributed by atoms with Crippen LogP contribution < -0.4 is 0 Å². The van der Waals surface area contributed by atoms with Crippen molar-refractivity contribution in [2.24, 2.45) is 23.7 Å². The highest BCUT2D eigenvalue weighted by atomic mass is 32.1. The summed E-state index contributed by atoms with van der Waals surface area (Å²) in [5.41, 5.74) is 0. The molecule has 4 aliphatic rings. The van der Waals surface area contributed by atoms with Gasteiger partial charge in [0.25, 0.3) is 0 Å². The zero-order valence-corrected chi connectivity index (χ0v) is 12.3. The average Bonchev–Trinajstić information content (AvgIpc) is 3.08. The number of aromatic amines is 1. The van der Waals surface area contributed by atoms with Crippen molar-refractivity contribution in [3.05, 3.63) is 23.3 Å². The molecular weight excluding hydrogens is 266 g/mol. The molecule has 2 heterocycles. The number of rotatable bonds is 2. The number of hydrogen-bond donors (Lipinski definition) is 1. The standard InChI is InChI=1S/C16H19N3S/c1-2-13(20-3-1)15-17-16(19-18-15)14-11-5-9-4-10(7-11)8-12(14)6-9/h1-3,9-12,14H,4-8H2,(H,17,18,19). The predicted molar refractivity (Wildman–Crippen MR) is 79.5 cm³/mol. The van der Waals surface area contributed by atoms with Crippen LogP contribution in [0.2, 0.25) is 0 Å². The lowest BCUT2D eigenvalue weighted by Crippen LogP contribution is -2.44. The van der Waals surface area contributed by atoms with Gasteiger partial charge in [-0.3, -0.25) is 5.10 Å². The lowest BCUT2D eigenvalue weighted by Gasteiger charge is -2.53. The van der Waals surface area contributed by atoms with Crippen molar-refractivity contribution in [2.45, 2.75) is 38.0 Å². The summed E-state index contributed by atoms with van der Waals surface area (Å²) < 4.78 is 0. The Hall–Kier alpha value is -1.16. The van der Waals surface area contributed by atoms with E-state index in [0.29, 0.717) is 5.92 Å². The summed E-state index contributed by atoms with van der Waals surface area (Å²) in [5, 5.41) is 9.82. The Labute approximate surface area is 122 Å². The number of thiophene rings is 1. The third kappa shape index (κ3) is 1.63. The fourth-order valence-electron chi connectivity index (χ4n) is 5.31. The van der Waals surface area contributed by atoms with Crippen LogP contribution in [0.15, 0.2) is 17.5 Å². The van der Waals surface area contributed by atoms with Crippen LogP contribution in [0.3, 0.4) is 0 Å². The van der Waals surface area contributed by atoms with E-state index in [1.807, 2.05) is 0 Å². The van der Waals surface area contributed by atoms with Crippen molar-refractivity contribution in [3.63, 3.8) is 0 Å². The maximum Gasteiger partial charge on any atom is 0.191 e. The van der Waals surface area contributed by atoms with Crippen molar-refractivity contribution >= 4 is 11.3 Å². The summed E-state index contributed by atoms with van der Waals surface area (Å²) in [6, 6.07) is 4.17. The smallest absolute Gasteiger partial charge is 0.191 e. The fraction of sp³-hybridized carbons (Fsp3) is 0.625. The van der Waals surface area contributed by atoms with Crippen LogP contribution in [0.25, 0.3) is 10.7 Å². The quantitative estimate of drug-likeness (QED) is 0.903. The van der Waals surface area contributed by atoms with Gasteiger partial charge in [0, 0.05) is 5.92 Å². The third-order valence-electron chi connectivity index (χ3n) is 5.79. The van der Waals surface area contributed by atoms with Gasteiger partial charge < -0.3 is 0 Å². The van der Waals surface area contributed by atoms with Crippen LogP contribution in [-0.2, 0) is 0 Å². The van der Waals surface area contributed by atoms with Gasteiger partial charge in [0.1, 0.15) is 5.82 Å². The SMILES string of the molecule is c1csc(-c2n[nH]c(C3C4CC5CC(C4)CC3C5)n2)c1. The second kappa shape index (κ2) is 4.17. The van der Waals surface area contributed by atoms with Crippen LogP contribution in [-0.4, -0.2) is 15.2 Å². The van der Waals surface area contributed by atoms with E-state index in [1.54, 1.807) is 11.3 Å². The number of nitrogens with one attached hydrogen (secondary N) is 1. The van der Waals surface area contributed by atoms with Crippen LogP contribution in [0.1, 0.15) is 43.8 Å². The normalized spacial score (nSPS) is 38.5. The highest BCUT2D eigenvalue weighted by Gasteiger charge is 2.49. The first-order valence-corrected chi connectivity index (χ1v) is 8.71. The van der Waals surface area contributed by atoms with Crippen molar-refractivity contribution in [1.29, 1.82) is 0 Å². The molecule has 3 nitrogen and oxygen atoms in total. The third-order valence-corrected chi connectivity index (χ3v) is 6.65. The van der Waals surface area contributed by atoms with Gasteiger partial charge in [0.2, 0.25) is 0 Å². The largest absolute Gasteiger partial charge is 0.262 e. The van der Waals surface area contributed by atoms with E-state index in [0.717, 1.165) is 29.5 Å². The number of nitrogens with zero attached hydrogens (tertiary/aromatic N) is 2. The van der Waals surface area contributed by atoms with Crippen molar-refractivity contribution in [1.82, 2.24) is 15.2 Å². The molecule has 6 rings (SSSR count). The molecule has 4 saturated carbocycles. The average molecular weight is 285 g/mol. The molecule has 0 spiro atoms. The molecule has 4 fully saturated rings. The summed E-state index contributed by atoms with van der Waals surface area (Å²) >= 11 is 1.72. The second-order valence-electron chi connectivity index (χ2n) is 6.98. The molecule has 2 aromatic rings. The first kappa shape index (κ1) is 11.5. The minimum absolute atomic E-state index is 0.656. The van der Waals surface area contributed by atoms with Crippen LogP contribution in [0.5, 0.6) is 0 Å². The summed E-state index contributed by atoms with van der Waals surface area (Å²) in [5.74, 6) is 6.50. The number of aromatic nitrogens is 3. The summed E-state index contributed by atoms with van der Waals surface area (Å²) in [4.78, 5) is 6.02. The van der Waals surface area contributed by atoms with Crippen LogP contribution in [0, 0.1) is 23.7 Å². The molecule has 0 atom stereocenters. The van der Waals surface area contributed by atoms with Crippen molar-refractivity contribution in [3.8, 4) is 10.7 Å². The molecule has 104 valence electrons. The summed E-state index contributed by atoms with van der Waals surface area (Å²) in [6.45, 7) is 0. The molecule has 0 aliphatic heterocycles. The van der Waals surface area contributed by atoms with E-state index in [9.17, 15) is 0 Å². The minimum atomic E-state index is 0.656. The Bertz CT molecular complexity index is 587. The van der Waals surface area contributed by atoms with Gasteiger partial charge in [-0.1, -0.05) is 6.07 Å². The zero-order chi connectivity index (χ0) is 13.1. The van der Waals surface area contributed by atoms with Gasteiger partial charge in [-0.2, -0.15) is 5.10 Å². The predicted octanol–water partition coefficient (Wildman–Crippen LogP) is 4.07. The van der Waals surface area contributed by atoms with Crippen LogP contribution >= 0.6 is 11.3 Å². The number of H-pyrrole nitrogens is 1. The second-order valence-corrected chi connectivity index (χ2v) is 7.93. The molecule has 4 heteroatoms. The molecule has 0 unspecified atom stereocenters. The van der Waals surface area contributed by atoms with E-state index in [1.165, 1.54) is 42.8 Å². The molecular formula is C16H19N3S. The Kier molecular flexibility index (Phi) is 2.40. The lowest BCUT2D eigenvalue weighted by atomic mass is 9.52. The first-order chi connectivity index (χ1) is 9.87. The molecule has 2 aromatic heterocycles. The zero-order valence-electron chi connectivity index (χ0n) is 11.5. The van der Waals surface area contributed by atoms with Crippen molar-refractivity contribution < 1.29 is 0 Å². The monoisotopic (exact) mass is 285 g/mol. The topological polar surface area (TPSA) is 41.6 Å². The molecule has 0 aromatic carbocycles. The Balaban J connectivity index is 1.48. The Morgan fingerprint density at radius 2 is 1.80 bits per heavy atom. The van der Waals surface area contributed by atoms with Gasteiger partial charge in [-0.25, -0.2) is 4.98 Å². The maximum absolute atomic E-state index is 4.84. The number of hydrogen-bond acceptors (Lipinski definition) is 3. The van der Waals surface area contributed by atoms with Gasteiger partial charge in [-0.15, -0.1) is 11.3 Å². The van der Waals surface area contributed by atoms with E-state index < -0.39 is 0 Å². The fourth-order valence-corrected chi connectivity index (χ4v) is 5.97. The minimum Gasteiger partial charge on any atom is -0.262 e. The van der Waals surface area contributed by atoms with E-state index in [-0.39, 0.29) is 0 Å². The lowest BCUT2D eigenvalue weighted by molar-refractivity contribution is -0.00552. The van der Waals surface area contributed by atoms with Crippen molar-refractivity contribution in [2.75, 3.05) is 0 Å². The van der Waals surface area contributed by atoms with Gasteiger partial charge in [-0.05, 0) is 67.2 Å². The molecule has 0 amide bonds.